The van der Waals surface area contributed by atoms with Crippen molar-refractivity contribution in [3.05, 3.63) is 47.5 Å². The lowest BCUT2D eigenvalue weighted by Gasteiger charge is -2.29. The lowest BCUT2D eigenvalue weighted by Crippen LogP contribution is -2.54. The van der Waals surface area contributed by atoms with Crippen LogP contribution >= 0.6 is 46.1 Å². The average molecular weight is 737 g/mol. The molecule has 4 aromatic heterocycles. The number of thiophene rings is 2. The molecular weight excluding hydrogens is 697 g/mol. The maximum atomic E-state index is 9.74. The Morgan fingerprint density at radius 2 is 0.959 bits per heavy atom. The van der Waals surface area contributed by atoms with E-state index in [2.05, 4.69) is 67.7 Å². The molecule has 0 unspecified atom stereocenters. The fourth-order valence-electron chi connectivity index (χ4n) is 7.63. The normalized spacial score (nSPS) is 13.1. The van der Waals surface area contributed by atoms with E-state index in [4.69, 9.17) is 0 Å². The van der Waals surface area contributed by atoms with Gasteiger partial charge in [-0.1, -0.05) is 90.9 Å². The molecule has 0 saturated carbocycles. The summed E-state index contributed by atoms with van der Waals surface area (Å²) in [7, 11) is -2.12. The van der Waals surface area contributed by atoms with Crippen molar-refractivity contribution in [1.82, 2.24) is 17.5 Å². The van der Waals surface area contributed by atoms with Crippen LogP contribution in [-0.4, -0.2) is 25.6 Å². The number of nitriles is 2. The largest absolute Gasteiger partial charge is 0.192 e. The van der Waals surface area contributed by atoms with Crippen molar-refractivity contribution in [3.63, 3.8) is 0 Å². The minimum Gasteiger partial charge on any atom is -0.192 e. The van der Waals surface area contributed by atoms with Crippen LogP contribution in [0.25, 0.3) is 52.7 Å². The van der Waals surface area contributed by atoms with Crippen LogP contribution in [0.4, 0.5) is 0 Å². The van der Waals surface area contributed by atoms with Crippen molar-refractivity contribution in [2.45, 2.75) is 103 Å². The van der Waals surface area contributed by atoms with E-state index in [1.807, 2.05) is 34.8 Å². The van der Waals surface area contributed by atoms with Crippen LogP contribution in [0.15, 0.2) is 36.4 Å². The first-order chi connectivity index (χ1) is 24.1. The van der Waals surface area contributed by atoms with Crippen molar-refractivity contribution in [2.75, 3.05) is 0 Å². The molecule has 5 heterocycles. The predicted octanol–water partition coefficient (Wildman–Crippen LogP) is 11.2. The molecule has 49 heavy (non-hydrogen) atoms. The highest BCUT2D eigenvalue weighted by molar-refractivity contribution is 7.31. The quantitative estimate of drug-likeness (QED) is 0.0724. The zero-order valence-corrected chi connectivity index (χ0v) is 32.4. The van der Waals surface area contributed by atoms with Crippen LogP contribution in [0, 0.1) is 22.7 Å². The van der Waals surface area contributed by atoms with E-state index in [0.717, 1.165) is 22.2 Å². The molecule has 7 rings (SSSR count). The van der Waals surface area contributed by atoms with E-state index in [9.17, 15) is 10.5 Å². The maximum absolute atomic E-state index is 9.74. The smallest absolute Gasteiger partial charge is 0.123 e. The summed E-state index contributed by atoms with van der Waals surface area (Å²) >= 11 is 6.18. The van der Waals surface area contributed by atoms with Gasteiger partial charge in [0.15, 0.2) is 0 Å². The molecule has 250 valence electrons. The highest BCUT2D eigenvalue weighted by atomic mass is 32.1. The van der Waals surface area contributed by atoms with Gasteiger partial charge < -0.3 is 0 Å². The van der Waals surface area contributed by atoms with Gasteiger partial charge in [0, 0.05) is 30.6 Å². The van der Waals surface area contributed by atoms with Crippen LogP contribution in [0.3, 0.4) is 0 Å². The molecule has 0 saturated heterocycles. The number of hydrogen-bond donors (Lipinski definition) is 0. The Morgan fingerprint density at radius 3 is 1.39 bits per heavy atom. The molecule has 0 spiro atoms. The fourth-order valence-corrected chi connectivity index (χ4v) is 18.3. The minimum absolute atomic E-state index is 0.585. The summed E-state index contributed by atoms with van der Waals surface area (Å²) in [5.41, 5.74) is 6.44. The molecule has 2 aromatic carbocycles. The van der Waals surface area contributed by atoms with Gasteiger partial charge in [0.25, 0.3) is 0 Å². The van der Waals surface area contributed by atoms with Gasteiger partial charge in [-0.3, -0.25) is 0 Å². The second-order valence-electron chi connectivity index (χ2n) is 13.3. The van der Waals surface area contributed by atoms with Crippen LogP contribution in [0.2, 0.25) is 12.1 Å². The summed E-state index contributed by atoms with van der Waals surface area (Å²) in [6.07, 6.45) is 15.6. The van der Waals surface area contributed by atoms with E-state index < -0.39 is 8.07 Å². The summed E-state index contributed by atoms with van der Waals surface area (Å²) in [5.74, 6) is 0. The second-order valence-corrected chi connectivity index (χ2v) is 20.7. The number of hydrogen-bond acceptors (Lipinski definition) is 10. The first-order valence-electron chi connectivity index (χ1n) is 17.7. The Kier molecular flexibility index (Phi) is 10.6. The van der Waals surface area contributed by atoms with Gasteiger partial charge in [0.05, 0.1) is 34.6 Å². The molecule has 0 N–H and O–H groups in total. The topological polar surface area (TPSA) is 99.1 Å². The third kappa shape index (κ3) is 6.41. The zero-order chi connectivity index (χ0) is 33.8. The van der Waals surface area contributed by atoms with Gasteiger partial charge in [-0.2, -0.15) is 28.0 Å². The van der Waals surface area contributed by atoms with Crippen LogP contribution in [0.5, 0.6) is 0 Å². The Morgan fingerprint density at radius 1 is 0.551 bits per heavy atom. The van der Waals surface area contributed by atoms with Crippen molar-refractivity contribution in [1.29, 1.82) is 10.5 Å². The molecular formula is C38H40N6S4Si. The molecule has 0 radical (unpaired) electrons. The van der Waals surface area contributed by atoms with E-state index in [-0.39, 0.29) is 0 Å². The maximum Gasteiger partial charge on any atom is 0.123 e. The number of nitrogens with zero attached hydrogens (tertiary/aromatic N) is 6. The summed E-state index contributed by atoms with van der Waals surface area (Å²) < 4.78 is 18.4. The molecule has 0 bridgehead atoms. The first-order valence-corrected chi connectivity index (χ1v) is 23.2. The average Bonchev–Trinajstić information content (AvgIpc) is 3.96. The number of unbranched alkanes of at least 4 members (excludes halogenated alkanes) is 10. The lowest BCUT2D eigenvalue weighted by atomic mass is 10.1. The summed E-state index contributed by atoms with van der Waals surface area (Å²) in [6.45, 7) is 4.58. The summed E-state index contributed by atoms with van der Waals surface area (Å²) in [6, 6.07) is 20.2. The Bertz CT molecular complexity index is 2020. The Labute approximate surface area is 306 Å². The predicted molar refractivity (Wildman–Crippen MR) is 211 cm³/mol. The van der Waals surface area contributed by atoms with Gasteiger partial charge in [0.1, 0.15) is 42.3 Å². The molecule has 1 aliphatic rings. The van der Waals surface area contributed by atoms with E-state index >= 15 is 0 Å². The number of aromatic nitrogens is 4. The third-order valence-electron chi connectivity index (χ3n) is 10.2. The Balaban J connectivity index is 1.34. The van der Waals surface area contributed by atoms with Crippen molar-refractivity contribution in [2.24, 2.45) is 0 Å². The van der Waals surface area contributed by atoms with Crippen molar-refractivity contribution in [3.8, 4) is 42.8 Å². The number of rotatable bonds is 16. The fraction of sp³-hybridized carbons (Fsp3) is 0.421. The zero-order valence-electron chi connectivity index (χ0n) is 28.2. The van der Waals surface area contributed by atoms with Gasteiger partial charge in [-0.05, 0) is 58.9 Å². The lowest BCUT2D eigenvalue weighted by molar-refractivity contribution is 0.616. The van der Waals surface area contributed by atoms with Gasteiger partial charge in [0.2, 0.25) is 0 Å². The monoisotopic (exact) mass is 736 g/mol. The Hall–Kier alpha value is -3.32. The summed E-state index contributed by atoms with van der Waals surface area (Å²) in [5, 5.41) is 22.7. The second kappa shape index (κ2) is 15.3. The minimum atomic E-state index is -2.12. The van der Waals surface area contributed by atoms with E-state index in [0.29, 0.717) is 22.2 Å². The molecule has 6 nitrogen and oxygen atoms in total. The van der Waals surface area contributed by atoms with Gasteiger partial charge in [-0.15, -0.1) is 22.7 Å². The first kappa shape index (κ1) is 34.1. The molecule has 0 fully saturated rings. The SMILES string of the molecule is CCCCCCCC[Si]1(CCCCCCCC)c2cc(-c3ccc(C#N)c4nsnc34)sc2-c2sc(-c3ccc(C#N)c4nsnc34)cc21. The standard InChI is InChI=1S/C38H40N6S4Si/c1-3-5-7-9-11-13-19-49(20-14-12-10-8-6-4-2)31-21-29(27-17-15-25(23-39)33-35(27)43-47-41-33)45-37(31)38-32(49)22-30(46-38)28-18-16-26(24-40)34-36(28)44-48-42-34/h15-18,21-22H,3-14,19-20H2,1-2H3. The highest BCUT2D eigenvalue weighted by Crippen LogP contribution is 2.48. The molecule has 11 heteroatoms. The van der Waals surface area contributed by atoms with Crippen LogP contribution in [-0.2, 0) is 0 Å². The highest BCUT2D eigenvalue weighted by Gasteiger charge is 2.47. The molecule has 0 amide bonds. The molecule has 0 atom stereocenters. The molecule has 6 aromatic rings. The third-order valence-corrected chi connectivity index (χ3v) is 19.4. The summed E-state index contributed by atoms with van der Waals surface area (Å²) in [4.78, 5) is 5.35. The van der Waals surface area contributed by atoms with Gasteiger partial charge >= 0.3 is 0 Å². The van der Waals surface area contributed by atoms with Crippen molar-refractivity contribution >= 4 is 86.6 Å². The van der Waals surface area contributed by atoms with E-state index in [1.54, 1.807) is 10.4 Å². The van der Waals surface area contributed by atoms with Crippen LogP contribution < -0.4 is 10.4 Å². The number of fused-ring (bicyclic) bond motifs is 5. The molecule has 1 aliphatic heterocycles. The van der Waals surface area contributed by atoms with E-state index in [1.165, 1.54) is 132 Å². The van der Waals surface area contributed by atoms with Crippen molar-refractivity contribution < 1.29 is 0 Å². The van der Waals surface area contributed by atoms with Gasteiger partial charge in [-0.25, -0.2) is 0 Å². The van der Waals surface area contributed by atoms with Crippen LogP contribution in [0.1, 0.15) is 102 Å². The molecule has 0 aliphatic carbocycles. The number of benzene rings is 2.